The number of thiophene rings is 1. The van der Waals surface area contributed by atoms with Gasteiger partial charge in [-0.15, -0.1) is 11.3 Å². The molecule has 3 heterocycles. The molecule has 244 valence electrons. The van der Waals surface area contributed by atoms with Crippen LogP contribution in [0, 0.1) is 0 Å². The van der Waals surface area contributed by atoms with Crippen LogP contribution in [0.15, 0.2) is 186 Å². The van der Waals surface area contributed by atoms with Gasteiger partial charge >= 0.3 is 0 Å². The number of hydrogen-bond donors (Lipinski definition) is 0. The number of rotatable bonds is 5. The molecule has 0 saturated carbocycles. The van der Waals surface area contributed by atoms with Gasteiger partial charge in [-0.2, -0.15) is 0 Å². The molecular weight excluding hydrogens is 653 g/mol. The van der Waals surface area contributed by atoms with Crippen LogP contribution in [0.25, 0.3) is 80.7 Å². The molecule has 0 unspecified atom stereocenters. The lowest BCUT2D eigenvalue weighted by Gasteiger charge is -2.26. The Hall–Kier alpha value is -6.62. The maximum atomic E-state index is 6.62. The van der Waals surface area contributed by atoms with Crippen molar-refractivity contribution in [3.63, 3.8) is 0 Å². The molecule has 0 aliphatic carbocycles. The van der Waals surface area contributed by atoms with Gasteiger partial charge in [0.1, 0.15) is 11.2 Å². The molecule has 11 aromatic rings. The normalized spacial score (nSPS) is 11.8. The number of fused-ring (bicyclic) bond motifs is 9. The first-order chi connectivity index (χ1) is 25.8. The van der Waals surface area contributed by atoms with Crippen LogP contribution in [0.3, 0.4) is 0 Å². The zero-order valence-electron chi connectivity index (χ0n) is 28.0. The first-order valence-electron chi connectivity index (χ1n) is 17.6. The van der Waals surface area contributed by atoms with Gasteiger partial charge in [0.15, 0.2) is 0 Å². The van der Waals surface area contributed by atoms with Gasteiger partial charge in [-0.05, 0) is 66.2 Å². The Labute approximate surface area is 303 Å². The lowest BCUT2D eigenvalue weighted by Crippen LogP contribution is -2.09. The van der Waals surface area contributed by atoms with Crippen molar-refractivity contribution in [2.24, 2.45) is 0 Å². The fourth-order valence-electron chi connectivity index (χ4n) is 8.13. The first kappa shape index (κ1) is 29.1. The molecule has 0 atom stereocenters. The Morgan fingerprint density at radius 3 is 1.87 bits per heavy atom. The Kier molecular flexibility index (Phi) is 6.42. The van der Waals surface area contributed by atoms with Crippen molar-refractivity contribution in [3.05, 3.63) is 182 Å². The highest BCUT2D eigenvalue weighted by Gasteiger charge is 2.24. The summed E-state index contributed by atoms with van der Waals surface area (Å²) in [7, 11) is 0. The van der Waals surface area contributed by atoms with Crippen molar-refractivity contribution in [3.8, 4) is 16.8 Å². The minimum Gasteiger partial charge on any atom is -0.456 e. The minimum atomic E-state index is 0.885. The molecule has 52 heavy (non-hydrogen) atoms. The Balaban J connectivity index is 1.24. The van der Waals surface area contributed by atoms with Gasteiger partial charge in [0.25, 0.3) is 0 Å². The molecule has 0 amide bonds. The summed E-state index contributed by atoms with van der Waals surface area (Å²) in [6.45, 7) is 0. The molecule has 3 nitrogen and oxygen atoms in total. The van der Waals surface area contributed by atoms with Crippen molar-refractivity contribution in [2.45, 2.75) is 0 Å². The highest BCUT2D eigenvalue weighted by Crippen LogP contribution is 2.48. The summed E-state index contributed by atoms with van der Waals surface area (Å²) in [6, 6.07) is 65.4. The number of hydrogen-bond acceptors (Lipinski definition) is 3. The highest BCUT2D eigenvalue weighted by atomic mass is 32.1. The molecule has 0 aliphatic rings. The van der Waals surface area contributed by atoms with E-state index in [-0.39, 0.29) is 0 Å². The summed E-state index contributed by atoms with van der Waals surface area (Å²) in [5.74, 6) is 0. The van der Waals surface area contributed by atoms with Gasteiger partial charge in [-0.1, -0.05) is 115 Å². The largest absolute Gasteiger partial charge is 0.456 e. The van der Waals surface area contributed by atoms with Crippen LogP contribution < -0.4 is 4.90 Å². The predicted octanol–water partition coefficient (Wildman–Crippen LogP) is 14.2. The van der Waals surface area contributed by atoms with Gasteiger partial charge in [-0.3, -0.25) is 0 Å². The van der Waals surface area contributed by atoms with E-state index in [1.807, 2.05) is 17.4 Å². The van der Waals surface area contributed by atoms with Crippen molar-refractivity contribution >= 4 is 92.3 Å². The summed E-state index contributed by atoms with van der Waals surface area (Å²) in [5.41, 5.74) is 10.8. The third kappa shape index (κ3) is 4.38. The zero-order valence-corrected chi connectivity index (χ0v) is 28.8. The molecule has 0 fully saturated rings. The average molecular weight is 683 g/mol. The Morgan fingerprint density at radius 1 is 0.423 bits per heavy atom. The van der Waals surface area contributed by atoms with Gasteiger partial charge in [-0.25, -0.2) is 0 Å². The van der Waals surface area contributed by atoms with E-state index in [2.05, 4.69) is 185 Å². The molecule has 0 bridgehead atoms. The van der Waals surface area contributed by atoms with Gasteiger partial charge in [0.05, 0.1) is 11.0 Å². The van der Waals surface area contributed by atoms with Crippen molar-refractivity contribution < 1.29 is 4.42 Å². The molecule has 0 saturated heterocycles. The average Bonchev–Trinajstić information content (AvgIpc) is 3.87. The van der Waals surface area contributed by atoms with E-state index in [0.29, 0.717) is 0 Å². The van der Waals surface area contributed by atoms with Crippen LogP contribution in [0.2, 0.25) is 0 Å². The second-order valence-corrected chi connectivity index (χ2v) is 14.4. The van der Waals surface area contributed by atoms with Crippen LogP contribution in [-0.4, -0.2) is 4.57 Å². The van der Waals surface area contributed by atoms with E-state index >= 15 is 0 Å². The number of nitrogens with zero attached hydrogens (tertiary/aromatic N) is 2. The fourth-order valence-corrected chi connectivity index (χ4v) is 9.27. The lowest BCUT2D eigenvalue weighted by atomic mass is 9.94. The van der Waals surface area contributed by atoms with Crippen LogP contribution in [0.5, 0.6) is 0 Å². The van der Waals surface area contributed by atoms with E-state index in [1.54, 1.807) is 0 Å². The van der Waals surface area contributed by atoms with Gasteiger partial charge < -0.3 is 13.9 Å². The van der Waals surface area contributed by atoms with Gasteiger partial charge in [0, 0.05) is 76.1 Å². The smallest absolute Gasteiger partial charge is 0.138 e. The second kappa shape index (κ2) is 11.5. The van der Waals surface area contributed by atoms with E-state index < -0.39 is 0 Å². The molecule has 0 spiro atoms. The quantitative estimate of drug-likeness (QED) is 0.180. The molecule has 4 heteroatoms. The summed E-state index contributed by atoms with van der Waals surface area (Å²) in [4.78, 5) is 2.38. The Bertz CT molecular complexity index is 3120. The summed E-state index contributed by atoms with van der Waals surface area (Å²) >= 11 is 1.85. The topological polar surface area (TPSA) is 21.3 Å². The maximum Gasteiger partial charge on any atom is 0.138 e. The Morgan fingerprint density at radius 2 is 1.06 bits per heavy atom. The van der Waals surface area contributed by atoms with Gasteiger partial charge in [0.2, 0.25) is 0 Å². The number of benzene rings is 8. The molecule has 8 aromatic carbocycles. The predicted molar refractivity (Wildman–Crippen MR) is 221 cm³/mol. The van der Waals surface area contributed by atoms with Crippen LogP contribution in [-0.2, 0) is 0 Å². The fraction of sp³-hybridized carbons (Fsp3) is 0. The van der Waals surface area contributed by atoms with Crippen molar-refractivity contribution in [1.29, 1.82) is 0 Å². The molecule has 0 radical (unpaired) electrons. The number of para-hydroxylation sites is 3. The van der Waals surface area contributed by atoms with E-state index in [9.17, 15) is 0 Å². The molecule has 0 N–H and O–H groups in total. The minimum absolute atomic E-state index is 0.885. The summed E-state index contributed by atoms with van der Waals surface area (Å²) in [5, 5.41) is 7.29. The highest BCUT2D eigenvalue weighted by molar-refractivity contribution is 7.25. The molecule has 0 aliphatic heterocycles. The van der Waals surface area contributed by atoms with Crippen LogP contribution in [0.4, 0.5) is 17.1 Å². The van der Waals surface area contributed by atoms with Crippen LogP contribution in [0.1, 0.15) is 0 Å². The van der Waals surface area contributed by atoms with E-state index in [0.717, 1.165) is 55.7 Å². The van der Waals surface area contributed by atoms with E-state index in [4.69, 9.17) is 4.42 Å². The lowest BCUT2D eigenvalue weighted by molar-refractivity contribution is 0.669. The third-order valence-corrected chi connectivity index (χ3v) is 11.5. The second-order valence-electron chi connectivity index (χ2n) is 13.3. The van der Waals surface area contributed by atoms with Crippen molar-refractivity contribution in [2.75, 3.05) is 4.90 Å². The molecule has 11 rings (SSSR count). The third-order valence-electron chi connectivity index (χ3n) is 10.3. The number of furan rings is 1. The summed E-state index contributed by atoms with van der Waals surface area (Å²) in [6.07, 6.45) is 0. The molecular formula is C48H30N2OS. The maximum absolute atomic E-state index is 6.62. The monoisotopic (exact) mass is 682 g/mol. The SMILES string of the molecule is c1ccc(-c2c3c(cc4c2c2ccc(N(c5ccccc5)c5ccc6c(c5)sc5ccccc56)cc2n4-c2ccccc2)oc2ccccc23)cc1. The first-order valence-corrected chi connectivity index (χ1v) is 18.4. The van der Waals surface area contributed by atoms with Crippen molar-refractivity contribution in [1.82, 2.24) is 4.57 Å². The molecule has 3 aromatic heterocycles. The standard InChI is InChI=1S/C48H30N2OS/c1-4-14-31(15-5-1)46-47-38-27-25-34(49(32-16-6-2-7-17-32)35-24-26-37-36-20-11-13-23-44(36)52-45(37)29-35)28-40(38)50(33-18-8-3-9-19-33)41(47)30-43-48(46)39-21-10-12-22-42(39)51-43/h1-30H. The zero-order chi connectivity index (χ0) is 34.2. The number of aromatic nitrogens is 1. The number of anilines is 3. The van der Waals surface area contributed by atoms with Crippen LogP contribution >= 0.6 is 11.3 Å². The summed E-state index contributed by atoms with van der Waals surface area (Å²) < 4.78 is 11.6. The van der Waals surface area contributed by atoms with E-state index in [1.165, 1.54) is 42.1 Å².